The minimum Gasteiger partial charge on any atom is -0.352 e. The van der Waals surface area contributed by atoms with Gasteiger partial charge in [0.2, 0.25) is 21.8 Å². The summed E-state index contributed by atoms with van der Waals surface area (Å²) in [7, 11) is -3.92. The second-order valence-corrected chi connectivity index (χ2v) is 11.6. The summed E-state index contributed by atoms with van der Waals surface area (Å²) in [4.78, 5) is 28.4. The van der Waals surface area contributed by atoms with E-state index in [1.807, 2.05) is 38.1 Å². The third-order valence-corrected chi connectivity index (χ3v) is 7.82. The molecule has 1 aliphatic rings. The summed E-state index contributed by atoms with van der Waals surface area (Å²) in [6, 6.07) is 10.4. The first-order chi connectivity index (χ1) is 17.0. The van der Waals surface area contributed by atoms with E-state index in [0.717, 1.165) is 53.4 Å². The first-order valence-electron chi connectivity index (χ1n) is 12.1. The Morgan fingerprint density at radius 1 is 1.17 bits per heavy atom. The molecule has 2 amide bonds. The van der Waals surface area contributed by atoms with Crippen LogP contribution in [0.2, 0.25) is 5.02 Å². The van der Waals surface area contributed by atoms with Gasteiger partial charge in [-0.25, -0.2) is 12.8 Å². The smallest absolute Gasteiger partial charge is 0.244 e. The van der Waals surface area contributed by atoms with Crippen LogP contribution in [0.1, 0.15) is 50.2 Å². The monoisotopic (exact) mass is 537 g/mol. The highest BCUT2D eigenvalue weighted by molar-refractivity contribution is 7.92. The molecule has 0 bridgehead atoms. The molecule has 10 heteroatoms. The fraction of sp³-hybridized carbons (Fsp3) is 0.462. The van der Waals surface area contributed by atoms with Crippen LogP contribution in [0, 0.1) is 12.7 Å². The van der Waals surface area contributed by atoms with Crippen LogP contribution in [-0.4, -0.2) is 50.0 Å². The van der Waals surface area contributed by atoms with E-state index in [9.17, 15) is 22.4 Å². The molecule has 0 unspecified atom stereocenters. The minimum absolute atomic E-state index is 0.0659. The summed E-state index contributed by atoms with van der Waals surface area (Å²) in [6.07, 6.45) is 5.24. The van der Waals surface area contributed by atoms with Gasteiger partial charge in [0.25, 0.3) is 0 Å². The van der Waals surface area contributed by atoms with Crippen molar-refractivity contribution in [2.75, 3.05) is 17.1 Å². The lowest BCUT2D eigenvalue weighted by atomic mass is 10.1. The molecule has 1 aliphatic carbocycles. The van der Waals surface area contributed by atoms with Crippen molar-refractivity contribution in [3.63, 3.8) is 0 Å². The molecule has 196 valence electrons. The van der Waals surface area contributed by atoms with Gasteiger partial charge in [0.15, 0.2) is 0 Å². The number of anilines is 1. The standard InChI is InChI=1S/C26H33ClFN3O4S/c1-4-24(26(33)29-20-10-5-6-11-20)30(16-19-9-7-8-18(2)14-19)25(32)17-31(36(3,34)35)21-12-13-23(28)22(27)15-21/h7-9,12-15,20,24H,4-6,10-11,16-17H2,1-3H3,(H,29,33)/t24-/m1/s1. The van der Waals surface area contributed by atoms with E-state index in [4.69, 9.17) is 11.6 Å². The lowest BCUT2D eigenvalue weighted by Gasteiger charge is -2.33. The molecule has 7 nitrogen and oxygen atoms in total. The first-order valence-corrected chi connectivity index (χ1v) is 14.3. The minimum atomic E-state index is -3.92. The number of nitrogens with zero attached hydrogens (tertiary/aromatic N) is 2. The molecule has 36 heavy (non-hydrogen) atoms. The number of nitrogens with one attached hydrogen (secondary N) is 1. The van der Waals surface area contributed by atoms with Crippen LogP contribution in [-0.2, 0) is 26.2 Å². The maximum atomic E-state index is 13.7. The largest absolute Gasteiger partial charge is 0.352 e. The fourth-order valence-corrected chi connectivity index (χ4v) is 5.56. The molecular formula is C26H33ClFN3O4S. The Hall–Kier alpha value is -2.65. The van der Waals surface area contributed by atoms with Gasteiger partial charge in [-0.3, -0.25) is 13.9 Å². The van der Waals surface area contributed by atoms with Gasteiger partial charge in [0, 0.05) is 12.6 Å². The summed E-state index contributed by atoms with van der Waals surface area (Å²) in [5.41, 5.74) is 1.89. The van der Waals surface area contributed by atoms with E-state index in [1.54, 1.807) is 0 Å². The normalized spacial score (nSPS) is 14.9. The zero-order chi connectivity index (χ0) is 26.5. The van der Waals surface area contributed by atoms with E-state index in [-0.39, 0.29) is 29.2 Å². The van der Waals surface area contributed by atoms with Gasteiger partial charge in [-0.1, -0.05) is 61.2 Å². The summed E-state index contributed by atoms with van der Waals surface area (Å²) in [5, 5.41) is 2.81. The summed E-state index contributed by atoms with van der Waals surface area (Å²) < 4.78 is 39.9. The molecule has 2 aromatic carbocycles. The zero-order valence-corrected chi connectivity index (χ0v) is 22.4. The van der Waals surface area contributed by atoms with Crippen LogP contribution in [0.5, 0.6) is 0 Å². The number of rotatable bonds is 10. The van der Waals surface area contributed by atoms with Crippen molar-refractivity contribution in [3.8, 4) is 0 Å². The molecule has 0 spiro atoms. The molecule has 1 N–H and O–H groups in total. The predicted octanol–water partition coefficient (Wildman–Crippen LogP) is 4.42. The zero-order valence-electron chi connectivity index (χ0n) is 20.8. The Labute approximate surface area is 217 Å². The molecular weight excluding hydrogens is 505 g/mol. The molecule has 1 saturated carbocycles. The van der Waals surface area contributed by atoms with Gasteiger partial charge in [-0.2, -0.15) is 0 Å². The Balaban J connectivity index is 1.93. The molecule has 0 aliphatic heterocycles. The number of aryl methyl sites for hydroxylation is 1. The van der Waals surface area contributed by atoms with Gasteiger partial charge in [0.1, 0.15) is 18.4 Å². The first kappa shape index (κ1) is 27.9. The quantitative estimate of drug-likeness (QED) is 0.486. The number of hydrogen-bond donors (Lipinski definition) is 1. The number of hydrogen-bond acceptors (Lipinski definition) is 4. The lowest BCUT2D eigenvalue weighted by Crippen LogP contribution is -2.53. The molecule has 0 saturated heterocycles. The average molecular weight is 538 g/mol. The summed E-state index contributed by atoms with van der Waals surface area (Å²) in [6.45, 7) is 3.34. The Kier molecular flexibility index (Phi) is 9.35. The second kappa shape index (κ2) is 12.1. The van der Waals surface area contributed by atoms with Crippen molar-refractivity contribution < 1.29 is 22.4 Å². The highest BCUT2D eigenvalue weighted by atomic mass is 35.5. The number of carbonyl (C=O) groups is 2. The third-order valence-electron chi connectivity index (χ3n) is 6.39. The highest BCUT2D eigenvalue weighted by Crippen LogP contribution is 2.25. The van der Waals surface area contributed by atoms with Crippen LogP contribution in [0.3, 0.4) is 0 Å². The summed E-state index contributed by atoms with van der Waals surface area (Å²) >= 11 is 5.88. The number of benzene rings is 2. The Morgan fingerprint density at radius 2 is 1.86 bits per heavy atom. The molecule has 0 radical (unpaired) electrons. The number of amides is 2. The van der Waals surface area contributed by atoms with Gasteiger partial charge < -0.3 is 10.2 Å². The van der Waals surface area contributed by atoms with Crippen molar-refractivity contribution >= 4 is 39.1 Å². The Bertz CT molecular complexity index is 1200. The van der Waals surface area contributed by atoms with E-state index in [2.05, 4.69) is 5.32 Å². The molecule has 0 aromatic heterocycles. The molecule has 1 fully saturated rings. The lowest BCUT2D eigenvalue weighted by molar-refractivity contribution is -0.140. The van der Waals surface area contributed by atoms with Crippen molar-refractivity contribution in [1.29, 1.82) is 0 Å². The molecule has 2 aromatic rings. The topological polar surface area (TPSA) is 86.8 Å². The van der Waals surface area contributed by atoms with Crippen molar-refractivity contribution in [3.05, 3.63) is 64.4 Å². The van der Waals surface area contributed by atoms with Crippen molar-refractivity contribution in [2.24, 2.45) is 0 Å². The van der Waals surface area contributed by atoms with Crippen molar-refractivity contribution in [2.45, 2.75) is 64.6 Å². The maximum absolute atomic E-state index is 13.7. The van der Waals surface area contributed by atoms with Crippen LogP contribution < -0.4 is 9.62 Å². The van der Waals surface area contributed by atoms with Gasteiger partial charge in [-0.05, 0) is 49.9 Å². The van der Waals surface area contributed by atoms with Crippen LogP contribution in [0.15, 0.2) is 42.5 Å². The fourth-order valence-electron chi connectivity index (χ4n) is 4.55. The van der Waals surface area contributed by atoms with Crippen LogP contribution in [0.25, 0.3) is 0 Å². The van der Waals surface area contributed by atoms with Gasteiger partial charge in [0.05, 0.1) is 17.0 Å². The van der Waals surface area contributed by atoms with Gasteiger partial charge >= 0.3 is 0 Å². The maximum Gasteiger partial charge on any atom is 0.244 e. The third kappa shape index (κ3) is 7.20. The summed E-state index contributed by atoms with van der Waals surface area (Å²) in [5.74, 6) is -1.49. The van der Waals surface area contributed by atoms with Crippen LogP contribution in [0.4, 0.5) is 10.1 Å². The Morgan fingerprint density at radius 3 is 2.44 bits per heavy atom. The van der Waals surface area contributed by atoms with Crippen molar-refractivity contribution in [1.82, 2.24) is 10.2 Å². The van der Waals surface area contributed by atoms with Gasteiger partial charge in [-0.15, -0.1) is 0 Å². The number of halogens is 2. The number of carbonyl (C=O) groups excluding carboxylic acids is 2. The predicted molar refractivity (Wildman–Crippen MR) is 140 cm³/mol. The van der Waals surface area contributed by atoms with E-state index < -0.39 is 34.3 Å². The van der Waals surface area contributed by atoms with Crippen LogP contribution >= 0.6 is 11.6 Å². The molecule has 3 rings (SSSR count). The molecule has 1 atom stereocenters. The van der Waals surface area contributed by atoms with E-state index in [1.165, 1.54) is 17.0 Å². The van der Waals surface area contributed by atoms with E-state index >= 15 is 0 Å². The second-order valence-electron chi connectivity index (χ2n) is 9.29. The number of sulfonamides is 1. The SMILES string of the molecule is CC[C@H](C(=O)NC1CCCC1)N(Cc1cccc(C)c1)C(=O)CN(c1ccc(F)c(Cl)c1)S(C)(=O)=O. The molecule has 0 heterocycles. The highest BCUT2D eigenvalue weighted by Gasteiger charge is 2.33. The average Bonchev–Trinajstić information content (AvgIpc) is 3.31. The van der Waals surface area contributed by atoms with E-state index in [0.29, 0.717) is 6.42 Å².